The number of aliphatic hydroxyl groups is 1. The molecule has 3 aliphatic heterocycles. The molecule has 10 heteroatoms. The van der Waals surface area contributed by atoms with Crippen LogP contribution in [-0.4, -0.2) is 63.2 Å². The zero-order valence-electron chi connectivity index (χ0n) is 37.7. The summed E-state index contributed by atoms with van der Waals surface area (Å²) in [5, 5.41) is 48.6. The third kappa shape index (κ3) is 10.6. The average Bonchev–Trinajstić information content (AvgIpc) is 3.77. The summed E-state index contributed by atoms with van der Waals surface area (Å²) in [5.74, 6) is 1.84. The fraction of sp³-hybridized carbons (Fsp3) is 0.357. The van der Waals surface area contributed by atoms with Crippen LogP contribution in [0.15, 0.2) is 133 Å². The summed E-state index contributed by atoms with van der Waals surface area (Å²) in [6.07, 6.45) is 16.9. The molecular formula is C56H63N3O7. The summed E-state index contributed by atoms with van der Waals surface area (Å²) in [7, 11) is 0. The molecule has 7 N–H and O–H groups in total. The first kappa shape index (κ1) is 45.1. The van der Waals surface area contributed by atoms with Crippen molar-refractivity contribution < 1.29 is 34.6 Å². The van der Waals surface area contributed by atoms with E-state index < -0.39 is 6.10 Å². The maximum atomic E-state index is 11.5. The lowest BCUT2D eigenvalue weighted by molar-refractivity contribution is 0.0171. The maximum absolute atomic E-state index is 11.5. The van der Waals surface area contributed by atoms with E-state index in [2.05, 4.69) is 76.9 Å². The van der Waals surface area contributed by atoms with Gasteiger partial charge >= 0.3 is 0 Å². The first-order valence-corrected chi connectivity index (χ1v) is 23.7. The number of aliphatic hydroxyl groups excluding tert-OH is 1. The molecule has 9 rings (SSSR count). The minimum absolute atomic E-state index is 0.0806. The molecule has 0 aliphatic carbocycles. The Morgan fingerprint density at radius 2 is 1.61 bits per heavy atom. The molecule has 4 bridgehead atoms. The highest BCUT2D eigenvalue weighted by Gasteiger charge is 2.37. The Bertz CT molecular complexity index is 2670. The first-order chi connectivity index (χ1) is 32.2. The van der Waals surface area contributed by atoms with E-state index in [1.807, 2.05) is 36.4 Å². The molecule has 3 atom stereocenters. The number of phenols is 3. The zero-order valence-corrected chi connectivity index (χ0v) is 37.7. The number of benzene rings is 5. The van der Waals surface area contributed by atoms with Gasteiger partial charge in [-0.05, 0) is 133 Å². The molecule has 66 heavy (non-hydrogen) atoms. The molecule has 1 aromatic heterocycles. The SMILES string of the molecule is NC1C=CC2=C(N1)n1cc3cc(C4(c5ccccc5)CCOCC4)cc(c3c1)COc1cc(ccc1O)CC[C@@H](O)C[C@H](CCCCCCc1ccc(O)c(Cc3cccc(O)c3)c1)OC2. The Labute approximate surface area is 388 Å². The van der Waals surface area contributed by atoms with E-state index in [0.717, 1.165) is 95.8 Å². The van der Waals surface area contributed by atoms with Crippen LogP contribution in [0, 0.1) is 0 Å². The smallest absolute Gasteiger partial charge is 0.161 e. The van der Waals surface area contributed by atoms with Crippen molar-refractivity contribution in [1.29, 1.82) is 0 Å². The molecule has 1 unspecified atom stereocenters. The topological polar surface area (TPSA) is 152 Å². The van der Waals surface area contributed by atoms with Crippen LogP contribution in [0.4, 0.5) is 0 Å². The van der Waals surface area contributed by atoms with Gasteiger partial charge in [0.1, 0.15) is 23.9 Å². The molecule has 10 nitrogen and oxygen atoms in total. The largest absolute Gasteiger partial charge is 0.508 e. The molecule has 4 heterocycles. The molecule has 1 fully saturated rings. The number of aromatic hydroxyl groups is 3. The van der Waals surface area contributed by atoms with Crippen molar-refractivity contribution in [3.8, 4) is 23.0 Å². The minimum Gasteiger partial charge on any atom is -0.508 e. The Morgan fingerprint density at radius 1 is 0.773 bits per heavy atom. The highest BCUT2D eigenvalue weighted by Crippen LogP contribution is 2.44. The van der Waals surface area contributed by atoms with Crippen LogP contribution in [0.2, 0.25) is 0 Å². The van der Waals surface area contributed by atoms with E-state index >= 15 is 0 Å². The summed E-state index contributed by atoms with van der Waals surface area (Å²) >= 11 is 0. The van der Waals surface area contributed by atoms with Gasteiger partial charge in [0, 0.05) is 53.8 Å². The molecular weight excluding hydrogens is 827 g/mol. The third-order valence-corrected chi connectivity index (χ3v) is 13.8. The quantitative estimate of drug-likeness (QED) is 0.0699. The number of hydrogen-bond acceptors (Lipinski definition) is 9. The van der Waals surface area contributed by atoms with Gasteiger partial charge in [-0.25, -0.2) is 0 Å². The van der Waals surface area contributed by atoms with Gasteiger partial charge in [0.05, 0.1) is 25.0 Å². The molecule has 344 valence electrons. The molecule has 0 spiro atoms. The molecule has 1 saturated heterocycles. The number of phenolic OH excluding ortho intramolecular Hbond substituents is 3. The van der Waals surface area contributed by atoms with Crippen LogP contribution in [0.5, 0.6) is 23.0 Å². The predicted octanol–water partition coefficient (Wildman–Crippen LogP) is 9.91. The van der Waals surface area contributed by atoms with E-state index in [1.165, 1.54) is 16.7 Å². The molecule has 0 saturated carbocycles. The van der Waals surface area contributed by atoms with Crippen molar-refractivity contribution in [3.05, 3.63) is 172 Å². The van der Waals surface area contributed by atoms with Gasteiger partial charge < -0.3 is 50.3 Å². The number of ether oxygens (including phenoxy) is 3. The Kier molecular flexibility index (Phi) is 14.1. The predicted molar refractivity (Wildman–Crippen MR) is 260 cm³/mol. The Hall–Kier alpha value is -6.04. The van der Waals surface area contributed by atoms with Crippen LogP contribution < -0.4 is 15.8 Å². The number of hydrogen-bond donors (Lipinski definition) is 6. The van der Waals surface area contributed by atoms with Gasteiger partial charge in [-0.15, -0.1) is 0 Å². The zero-order chi connectivity index (χ0) is 45.5. The van der Waals surface area contributed by atoms with Crippen molar-refractivity contribution in [2.45, 2.75) is 107 Å². The van der Waals surface area contributed by atoms with Crippen LogP contribution in [-0.2, 0) is 40.8 Å². The van der Waals surface area contributed by atoms with Crippen molar-refractivity contribution in [1.82, 2.24) is 9.88 Å². The lowest BCUT2D eigenvalue weighted by Crippen LogP contribution is -2.38. The number of fused-ring (bicyclic) bond motifs is 4. The van der Waals surface area contributed by atoms with E-state index in [0.29, 0.717) is 51.3 Å². The third-order valence-electron chi connectivity index (χ3n) is 13.8. The lowest BCUT2D eigenvalue weighted by Gasteiger charge is -2.39. The monoisotopic (exact) mass is 889 g/mol. The van der Waals surface area contributed by atoms with Gasteiger partial charge in [-0.1, -0.05) is 92.1 Å². The summed E-state index contributed by atoms with van der Waals surface area (Å²) in [4.78, 5) is 0. The van der Waals surface area contributed by atoms with Gasteiger partial charge in [-0.2, -0.15) is 0 Å². The van der Waals surface area contributed by atoms with E-state index in [-0.39, 0.29) is 41.5 Å². The highest BCUT2D eigenvalue weighted by molar-refractivity contribution is 5.88. The van der Waals surface area contributed by atoms with E-state index in [1.54, 1.807) is 24.3 Å². The van der Waals surface area contributed by atoms with Crippen molar-refractivity contribution in [2.24, 2.45) is 5.73 Å². The summed E-state index contributed by atoms with van der Waals surface area (Å²) < 4.78 is 21.4. The van der Waals surface area contributed by atoms with Crippen molar-refractivity contribution >= 4 is 16.6 Å². The van der Waals surface area contributed by atoms with Crippen LogP contribution >= 0.6 is 0 Å². The van der Waals surface area contributed by atoms with Gasteiger partial charge in [-0.3, -0.25) is 0 Å². The number of rotatable bonds is 11. The second kappa shape index (κ2) is 20.6. The highest BCUT2D eigenvalue weighted by atomic mass is 16.5. The lowest BCUT2D eigenvalue weighted by atomic mass is 9.68. The number of nitrogens with one attached hydrogen (secondary N) is 1. The van der Waals surface area contributed by atoms with Crippen LogP contribution in [0.1, 0.15) is 96.7 Å². The second-order valence-electron chi connectivity index (χ2n) is 18.5. The van der Waals surface area contributed by atoms with E-state index in [4.69, 9.17) is 19.9 Å². The summed E-state index contributed by atoms with van der Waals surface area (Å²) in [6.45, 7) is 1.94. The van der Waals surface area contributed by atoms with Crippen molar-refractivity contribution in [3.63, 3.8) is 0 Å². The first-order valence-electron chi connectivity index (χ1n) is 23.7. The number of nitrogens with two attached hydrogens (primary N) is 1. The van der Waals surface area contributed by atoms with Crippen molar-refractivity contribution in [2.75, 3.05) is 19.8 Å². The summed E-state index contributed by atoms with van der Waals surface area (Å²) in [6, 6.07) is 33.9. The van der Waals surface area contributed by atoms with Crippen LogP contribution in [0.3, 0.4) is 0 Å². The Morgan fingerprint density at radius 3 is 2.45 bits per heavy atom. The molecule has 6 aromatic rings. The fourth-order valence-corrected chi connectivity index (χ4v) is 10.1. The second-order valence-corrected chi connectivity index (χ2v) is 18.5. The van der Waals surface area contributed by atoms with E-state index in [9.17, 15) is 20.4 Å². The number of aryl methyl sites for hydroxylation is 2. The van der Waals surface area contributed by atoms with Gasteiger partial charge in [0.2, 0.25) is 0 Å². The number of aromatic nitrogens is 1. The minimum atomic E-state index is -0.581. The molecule has 5 aromatic carbocycles. The number of unbranched alkanes of at least 4 members (excludes halogenated alkanes) is 3. The maximum Gasteiger partial charge on any atom is 0.161 e. The molecule has 0 amide bonds. The van der Waals surface area contributed by atoms with Crippen LogP contribution in [0.25, 0.3) is 16.6 Å². The number of dihydropyridines is 1. The Balaban J connectivity index is 0.955. The summed E-state index contributed by atoms with van der Waals surface area (Å²) in [5.41, 5.74) is 14.7. The average molecular weight is 890 g/mol. The number of nitrogens with zero attached hydrogens (tertiary/aromatic N) is 1. The molecule has 3 aliphatic rings. The fourth-order valence-electron chi connectivity index (χ4n) is 10.1. The van der Waals surface area contributed by atoms with Gasteiger partial charge in [0.25, 0.3) is 0 Å². The van der Waals surface area contributed by atoms with Gasteiger partial charge in [0.15, 0.2) is 11.5 Å². The normalized spacial score (nSPS) is 20.0. The standard InChI is InChI=1S/C56H63N3O7/c57-54-22-18-41-36-65-49(14-7-2-1-4-9-38-16-20-51(62)42(27-38)28-40-10-8-13-47(60)29-40)33-48(61)19-15-39-17-21-52(63)53(30-39)66-37-44-32-46(31-43-34-59(35-50(43)44)55(41)58-54)56(23-25-64-26-24-56)45-11-5-3-6-12-45/h3,5-6,8,10-13,16-18,20-22,27,29-32,34-35,48-49,54,58,60-63H,1-2,4,7,9,14-15,19,23-26,28,33,36-37,57H2/t48-,49+,54?/m1/s1. The molecule has 0 radical (unpaired) electrons.